The molecule has 0 amide bonds. The van der Waals surface area contributed by atoms with Gasteiger partial charge < -0.3 is 9.47 Å². The van der Waals surface area contributed by atoms with E-state index in [1.165, 1.54) is 12.5 Å². The number of benzene rings is 2. The van der Waals surface area contributed by atoms with Crippen LogP contribution in [0.4, 0.5) is 0 Å². The molecule has 6 rings (SSSR count). The Bertz CT molecular complexity index is 1370. The number of sulfonamides is 1. The quantitative estimate of drug-likeness (QED) is 0.443. The third-order valence-electron chi connectivity index (χ3n) is 9.06. The van der Waals surface area contributed by atoms with Crippen molar-refractivity contribution in [3.63, 3.8) is 0 Å². The van der Waals surface area contributed by atoms with E-state index < -0.39 is 33.2 Å². The molecule has 0 aromatic heterocycles. The summed E-state index contributed by atoms with van der Waals surface area (Å²) in [6, 6.07) is 13.2. The van der Waals surface area contributed by atoms with Gasteiger partial charge in [-0.15, -0.1) is 6.58 Å². The van der Waals surface area contributed by atoms with Gasteiger partial charge in [-0.1, -0.05) is 42.5 Å². The highest BCUT2D eigenvalue weighted by atomic mass is 32.2. The molecule has 2 bridgehead atoms. The van der Waals surface area contributed by atoms with Crippen LogP contribution in [-0.2, 0) is 37.1 Å². The fourth-order valence-electron chi connectivity index (χ4n) is 7.79. The minimum Gasteiger partial charge on any atom is -0.487 e. The zero-order valence-electron chi connectivity index (χ0n) is 21.4. The third-order valence-corrected chi connectivity index (χ3v) is 10.4. The van der Waals surface area contributed by atoms with Gasteiger partial charge in [0, 0.05) is 25.6 Å². The molecule has 196 valence electrons. The number of carbonyl (C=O) groups excluding carboxylic acids is 1. The van der Waals surface area contributed by atoms with E-state index in [9.17, 15) is 13.2 Å². The summed E-state index contributed by atoms with van der Waals surface area (Å²) in [5.74, 6) is 0.397. The van der Waals surface area contributed by atoms with Crippen LogP contribution in [0.15, 0.2) is 55.1 Å². The number of aryl methyl sites for hydroxylation is 1. The van der Waals surface area contributed by atoms with Gasteiger partial charge in [-0.05, 0) is 55.4 Å². The number of esters is 1. The Labute approximate surface area is 218 Å². The number of nitrogens with zero attached hydrogens (tertiary/aromatic N) is 1. The van der Waals surface area contributed by atoms with E-state index in [0.29, 0.717) is 19.4 Å². The topological polar surface area (TPSA) is 84.9 Å². The van der Waals surface area contributed by atoms with E-state index in [-0.39, 0.29) is 17.8 Å². The maximum atomic E-state index is 13.4. The molecule has 0 radical (unpaired) electrons. The molecule has 2 fully saturated rings. The van der Waals surface area contributed by atoms with Crippen LogP contribution in [-0.4, -0.2) is 56.2 Å². The second-order valence-corrected chi connectivity index (χ2v) is 12.7. The maximum Gasteiger partial charge on any atom is 0.303 e. The van der Waals surface area contributed by atoms with Crippen LogP contribution in [0.25, 0.3) is 0 Å². The van der Waals surface area contributed by atoms with Crippen molar-refractivity contribution in [3.05, 3.63) is 77.4 Å². The Morgan fingerprint density at radius 3 is 2.81 bits per heavy atom. The lowest BCUT2D eigenvalue weighted by Gasteiger charge is -2.65. The Morgan fingerprint density at radius 1 is 1.24 bits per heavy atom. The van der Waals surface area contributed by atoms with Gasteiger partial charge in [0.2, 0.25) is 10.0 Å². The molecular formula is C29H34N2O5S. The van der Waals surface area contributed by atoms with Crippen molar-refractivity contribution in [3.8, 4) is 5.75 Å². The molecule has 2 aliphatic carbocycles. The number of nitrogens with one attached hydrogen (secondary N) is 1. The summed E-state index contributed by atoms with van der Waals surface area (Å²) >= 11 is 0. The normalized spacial score (nSPS) is 31.8. The number of rotatable bonds is 7. The number of piperidine rings is 1. The van der Waals surface area contributed by atoms with Gasteiger partial charge in [-0.2, -0.15) is 0 Å². The van der Waals surface area contributed by atoms with Crippen molar-refractivity contribution in [1.82, 2.24) is 9.62 Å². The van der Waals surface area contributed by atoms with E-state index in [1.807, 2.05) is 49.4 Å². The van der Waals surface area contributed by atoms with Crippen molar-refractivity contribution in [2.45, 2.75) is 74.5 Å². The molecule has 0 unspecified atom stereocenters. The van der Waals surface area contributed by atoms with Crippen LogP contribution in [0.2, 0.25) is 0 Å². The third kappa shape index (κ3) is 3.60. The lowest BCUT2D eigenvalue weighted by atomic mass is 9.48. The van der Waals surface area contributed by atoms with Crippen LogP contribution in [0, 0.1) is 6.92 Å². The van der Waals surface area contributed by atoms with Crippen LogP contribution < -0.4 is 9.46 Å². The Kier molecular flexibility index (Phi) is 5.78. The molecule has 8 heteroatoms. The summed E-state index contributed by atoms with van der Waals surface area (Å²) in [5, 5.41) is 0. The first-order valence-electron chi connectivity index (χ1n) is 13.1. The van der Waals surface area contributed by atoms with Gasteiger partial charge in [-0.3, -0.25) is 9.69 Å². The number of hydrogen-bond donors (Lipinski definition) is 1. The molecule has 2 heterocycles. The Hall–Kier alpha value is -2.68. The fraction of sp³-hybridized carbons (Fsp3) is 0.483. The summed E-state index contributed by atoms with van der Waals surface area (Å²) in [7, 11) is -3.65. The number of carbonyl (C=O) groups is 1. The summed E-state index contributed by atoms with van der Waals surface area (Å²) in [5.41, 5.74) is 2.64. The molecule has 1 saturated heterocycles. The van der Waals surface area contributed by atoms with Crippen molar-refractivity contribution in [2.75, 3.05) is 13.1 Å². The standard InChI is InChI=1S/C29H34N2O5S/c1-4-15-31-16-14-28-26-21-10-7-11-24(26)35-27(28)23(12-13-29(28,25(31)17-21)36-20(3)32)30-37(33,34)18-22-9-6-5-8-19(22)2/h4-11,23,25,27,30H,1,12-18H2,2-3H3/t23-,25-,27+,28+,29-/m1/s1. The monoisotopic (exact) mass is 522 g/mol. The van der Waals surface area contributed by atoms with Crippen LogP contribution in [0.1, 0.15) is 48.4 Å². The highest BCUT2D eigenvalue weighted by molar-refractivity contribution is 7.88. The lowest BCUT2D eigenvalue weighted by molar-refractivity contribution is -0.217. The summed E-state index contributed by atoms with van der Waals surface area (Å²) in [4.78, 5) is 15.0. The molecule has 1 spiro atoms. The smallest absolute Gasteiger partial charge is 0.303 e. The first kappa shape index (κ1) is 24.6. The highest BCUT2D eigenvalue weighted by Gasteiger charge is 2.74. The maximum absolute atomic E-state index is 13.4. The van der Waals surface area contributed by atoms with E-state index >= 15 is 0 Å². The Balaban J connectivity index is 1.43. The van der Waals surface area contributed by atoms with Gasteiger partial charge in [0.25, 0.3) is 0 Å². The van der Waals surface area contributed by atoms with Gasteiger partial charge in [0.15, 0.2) is 0 Å². The number of hydrogen-bond acceptors (Lipinski definition) is 6. The van der Waals surface area contributed by atoms with Crippen molar-refractivity contribution < 1.29 is 22.7 Å². The second-order valence-electron chi connectivity index (χ2n) is 11.0. The average molecular weight is 523 g/mol. The highest BCUT2D eigenvalue weighted by Crippen LogP contribution is 2.65. The molecule has 5 atom stereocenters. The molecular weight excluding hydrogens is 488 g/mol. The van der Waals surface area contributed by atoms with Crippen molar-refractivity contribution >= 4 is 16.0 Å². The average Bonchev–Trinajstić information content (AvgIpc) is 3.18. The zero-order valence-corrected chi connectivity index (χ0v) is 22.2. The second kappa shape index (κ2) is 8.68. The molecule has 7 nitrogen and oxygen atoms in total. The van der Waals surface area contributed by atoms with Crippen molar-refractivity contribution in [2.24, 2.45) is 0 Å². The zero-order chi connectivity index (χ0) is 26.0. The predicted molar refractivity (Wildman–Crippen MR) is 141 cm³/mol. The van der Waals surface area contributed by atoms with Gasteiger partial charge in [-0.25, -0.2) is 13.1 Å². The van der Waals surface area contributed by atoms with E-state index in [4.69, 9.17) is 9.47 Å². The molecule has 1 saturated carbocycles. The SMILES string of the molecule is C=CCN1CC[C@]23c4c5cccc4O[C@H]2[C@H](NS(=O)(=O)Cc2ccccc2C)CC[C@@]3(OC(C)=O)[C@H]1C5. The predicted octanol–water partition coefficient (Wildman–Crippen LogP) is 3.39. The summed E-state index contributed by atoms with van der Waals surface area (Å²) in [6.07, 6.45) is 4.00. The molecule has 2 aromatic carbocycles. The first-order valence-corrected chi connectivity index (χ1v) is 14.7. The minimum absolute atomic E-state index is 0.0281. The van der Waals surface area contributed by atoms with Crippen LogP contribution in [0.3, 0.4) is 0 Å². The van der Waals surface area contributed by atoms with Gasteiger partial charge in [0.1, 0.15) is 17.5 Å². The number of ether oxygens (including phenoxy) is 2. The van der Waals surface area contributed by atoms with E-state index in [1.54, 1.807) is 0 Å². The van der Waals surface area contributed by atoms with Crippen LogP contribution in [0.5, 0.6) is 5.75 Å². The first-order chi connectivity index (χ1) is 17.7. The summed E-state index contributed by atoms with van der Waals surface area (Å²) in [6.45, 7) is 8.87. The largest absolute Gasteiger partial charge is 0.487 e. The minimum atomic E-state index is -3.65. The van der Waals surface area contributed by atoms with Gasteiger partial charge in [0.05, 0.1) is 23.3 Å². The molecule has 2 aromatic rings. The molecule has 2 aliphatic heterocycles. The van der Waals surface area contributed by atoms with E-state index in [0.717, 1.165) is 41.8 Å². The molecule has 37 heavy (non-hydrogen) atoms. The van der Waals surface area contributed by atoms with Gasteiger partial charge >= 0.3 is 5.97 Å². The van der Waals surface area contributed by atoms with Crippen LogP contribution >= 0.6 is 0 Å². The lowest BCUT2D eigenvalue weighted by Crippen LogP contribution is -2.79. The van der Waals surface area contributed by atoms with E-state index in [2.05, 4.69) is 22.3 Å². The molecule has 4 aliphatic rings. The summed E-state index contributed by atoms with van der Waals surface area (Å²) < 4.78 is 43.0. The Morgan fingerprint density at radius 2 is 2.05 bits per heavy atom. The fourth-order valence-corrected chi connectivity index (χ4v) is 9.31. The van der Waals surface area contributed by atoms with Crippen molar-refractivity contribution in [1.29, 1.82) is 0 Å². The molecule has 1 N–H and O–H groups in total. The number of likely N-dealkylation sites (tertiary alicyclic amines) is 1.